The van der Waals surface area contributed by atoms with Gasteiger partial charge in [-0.25, -0.2) is 0 Å². The van der Waals surface area contributed by atoms with E-state index in [4.69, 9.17) is 5.11 Å². The molecule has 0 aliphatic carbocycles. The molecule has 0 fully saturated rings. The van der Waals surface area contributed by atoms with Crippen molar-refractivity contribution >= 4 is 0 Å². The normalized spacial score (nSPS) is 12.4. The molecule has 0 aliphatic rings. The fourth-order valence-corrected chi connectivity index (χ4v) is 1.74. The first-order valence-corrected chi connectivity index (χ1v) is 5.75. The van der Waals surface area contributed by atoms with Crippen molar-refractivity contribution in [3.63, 3.8) is 0 Å². The fraction of sp³-hybridized carbons (Fsp3) is 1.00. The summed E-state index contributed by atoms with van der Waals surface area (Å²) in [6.45, 7) is 9.51. The number of nitrogens with zero attached hydrogens (tertiary/aromatic N) is 1. The van der Waals surface area contributed by atoms with Crippen molar-refractivity contribution in [3.05, 3.63) is 0 Å². The molecule has 0 amide bonds. The summed E-state index contributed by atoms with van der Waals surface area (Å²) in [5, 5.41) is 8.62. The Balaban J connectivity index is 3.31. The van der Waals surface area contributed by atoms with Gasteiger partial charge in [-0.2, -0.15) is 0 Å². The number of hydrogen-bond acceptors (Lipinski definition) is 2. The Morgan fingerprint density at radius 1 is 1.00 bits per heavy atom. The number of rotatable bonds is 7. The third kappa shape index (κ3) is 10.0. The van der Waals surface area contributed by atoms with Crippen LogP contribution in [-0.2, 0) is 0 Å². The standard InChI is InChI=1S/C12H27NO/c1-12(2,3)11-13(4)9-7-5-6-8-10-14/h14H,5-11H2,1-4H3. The smallest absolute Gasteiger partial charge is 0.0431 e. The molecule has 0 heterocycles. The van der Waals surface area contributed by atoms with E-state index >= 15 is 0 Å². The van der Waals surface area contributed by atoms with Gasteiger partial charge in [-0.15, -0.1) is 0 Å². The molecule has 0 radical (unpaired) electrons. The molecule has 0 bridgehead atoms. The van der Waals surface area contributed by atoms with Gasteiger partial charge < -0.3 is 10.0 Å². The second-order valence-corrected chi connectivity index (χ2v) is 5.44. The van der Waals surface area contributed by atoms with Gasteiger partial charge >= 0.3 is 0 Å². The summed E-state index contributed by atoms with van der Waals surface area (Å²) in [7, 11) is 2.19. The van der Waals surface area contributed by atoms with Crippen LogP contribution in [0.5, 0.6) is 0 Å². The van der Waals surface area contributed by atoms with Crippen LogP contribution in [0.25, 0.3) is 0 Å². The van der Waals surface area contributed by atoms with Crippen LogP contribution in [0, 0.1) is 5.41 Å². The molecule has 0 aromatic heterocycles. The van der Waals surface area contributed by atoms with Crippen molar-refractivity contribution in [2.75, 3.05) is 26.7 Å². The summed E-state index contributed by atoms with van der Waals surface area (Å²) < 4.78 is 0. The molecule has 0 aromatic rings. The number of unbranched alkanes of at least 4 members (excludes halogenated alkanes) is 3. The van der Waals surface area contributed by atoms with E-state index in [0.717, 1.165) is 13.0 Å². The summed E-state index contributed by atoms with van der Waals surface area (Å²) >= 11 is 0. The molecule has 0 aromatic carbocycles. The van der Waals surface area contributed by atoms with E-state index in [1.807, 2.05) is 0 Å². The lowest BCUT2D eigenvalue weighted by molar-refractivity contribution is 0.222. The molecule has 0 spiro atoms. The molecule has 0 atom stereocenters. The Morgan fingerprint density at radius 2 is 1.57 bits per heavy atom. The lowest BCUT2D eigenvalue weighted by Crippen LogP contribution is -2.30. The zero-order valence-corrected chi connectivity index (χ0v) is 10.3. The van der Waals surface area contributed by atoms with Crippen LogP contribution in [0.1, 0.15) is 46.5 Å². The van der Waals surface area contributed by atoms with Crippen molar-refractivity contribution < 1.29 is 5.11 Å². The number of hydrogen-bond donors (Lipinski definition) is 1. The SMILES string of the molecule is CN(CCCCCCO)CC(C)(C)C. The highest BCUT2D eigenvalue weighted by molar-refractivity contribution is 4.66. The molecule has 14 heavy (non-hydrogen) atoms. The van der Waals surface area contributed by atoms with E-state index in [9.17, 15) is 0 Å². The van der Waals surface area contributed by atoms with E-state index in [0.29, 0.717) is 12.0 Å². The quantitative estimate of drug-likeness (QED) is 0.640. The minimum atomic E-state index is 0.345. The summed E-state index contributed by atoms with van der Waals surface area (Å²) in [4.78, 5) is 2.40. The van der Waals surface area contributed by atoms with E-state index < -0.39 is 0 Å². The summed E-state index contributed by atoms with van der Waals surface area (Å²) in [6.07, 6.45) is 4.63. The predicted molar refractivity (Wildman–Crippen MR) is 62.5 cm³/mol. The topological polar surface area (TPSA) is 23.5 Å². The average Bonchev–Trinajstić information content (AvgIpc) is 2.00. The molecule has 86 valence electrons. The van der Waals surface area contributed by atoms with E-state index in [1.165, 1.54) is 25.8 Å². The minimum absolute atomic E-state index is 0.345. The Kier molecular flexibility index (Phi) is 7.20. The Bertz CT molecular complexity index is 129. The second kappa shape index (κ2) is 7.24. The Morgan fingerprint density at radius 3 is 2.07 bits per heavy atom. The first-order chi connectivity index (χ1) is 6.45. The Hall–Kier alpha value is -0.0800. The summed E-state index contributed by atoms with van der Waals surface area (Å²) in [5.41, 5.74) is 0.403. The van der Waals surface area contributed by atoms with Crippen molar-refractivity contribution in [1.29, 1.82) is 0 Å². The largest absolute Gasteiger partial charge is 0.396 e. The van der Waals surface area contributed by atoms with Crippen LogP contribution in [0.4, 0.5) is 0 Å². The highest BCUT2D eigenvalue weighted by atomic mass is 16.2. The van der Waals surface area contributed by atoms with Crippen LogP contribution in [0.15, 0.2) is 0 Å². The van der Waals surface area contributed by atoms with Gasteiger partial charge in [-0.3, -0.25) is 0 Å². The van der Waals surface area contributed by atoms with Gasteiger partial charge in [0.2, 0.25) is 0 Å². The third-order valence-electron chi connectivity index (χ3n) is 2.19. The molecule has 0 aliphatic heterocycles. The lowest BCUT2D eigenvalue weighted by Gasteiger charge is -2.26. The van der Waals surface area contributed by atoms with Crippen molar-refractivity contribution in [2.45, 2.75) is 46.5 Å². The maximum atomic E-state index is 8.62. The molecule has 0 saturated carbocycles. The molecule has 0 unspecified atom stereocenters. The summed E-state index contributed by atoms with van der Waals surface area (Å²) in [5.74, 6) is 0. The van der Waals surface area contributed by atoms with E-state index in [-0.39, 0.29) is 0 Å². The molecule has 2 heteroatoms. The van der Waals surface area contributed by atoms with Crippen molar-refractivity contribution in [1.82, 2.24) is 4.90 Å². The second-order valence-electron chi connectivity index (χ2n) is 5.44. The van der Waals surface area contributed by atoms with Gasteiger partial charge in [0, 0.05) is 13.2 Å². The van der Waals surface area contributed by atoms with Crippen LogP contribution < -0.4 is 0 Å². The van der Waals surface area contributed by atoms with E-state index in [1.54, 1.807) is 0 Å². The zero-order chi connectivity index (χ0) is 11.0. The first-order valence-electron chi connectivity index (χ1n) is 5.75. The summed E-state index contributed by atoms with van der Waals surface area (Å²) in [6, 6.07) is 0. The zero-order valence-electron chi connectivity index (χ0n) is 10.3. The maximum absolute atomic E-state index is 8.62. The number of aliphatic hydroxyl groups excluding tert-OH is 1. The van der Waals surface area contributed by atoms with Gasteiger partial charge in [0.25, 0.3) is 0 Å². The Labute approximate surface area is 89.3 Å². The van der Waals surface area contributed by atoms with Gasteiger partial charge in [0.05, 0.1) is 0 Å². The highest BCUT2D eigenvalue weighted by Gasteiger charge is 2.12. The van der Waals surface area contributed by atoms with Gasteiger partial charge in [-0.1, -0.05) is 33.6 Å². The van der Waals surface area contributed by atoms with Gasteiger partial charge in [0.1, 0.15) is 0 Å². The van der Waals surface area contributed by atoms with Gasteiger partial charge in [0.15, 0.2) is 0 Å². The molecular weight excluding hydrogens is 174 g/mol. The lowest BCUT2D eigenvalue weighted by atomic mass is 9.96. The maximum Gasteiger partial charge on any atom is 0.0431 e. The average molecular weight is 201 g/mol. The molecule has 0 saturated heterocycles. The minimum Gasteiger partial charge on any atom is -0.396 e. The van der Waals surface area contributed by atoms with Crippen LogP contribution >= 0.6 is 0 Å². The molecule has 0 rings (SSSR count). The molecular formula is C12H27NO. The molecule has 2 nitrogen and oxygen atoms in total. The van der Waals surface area contributed by atoms with Crippen LogP contribution in [0.3, 0.4) is 0 Å². The highest BCUT2D eigenvalue weighted by Crippen LogP contribution is 2.14. The van der Waals surface area contributed by atoms with E-state index in [2.05, 4.69) is 32.7 Å². The first kappa shape index (κ1) is 13.9. The van der Waals surface area contributed by atoms with Crippen molar-refractivity contribution in [3.8, 4) is 0 Å². The van der Waals surface area contributed by atoms with Gasteiger partial charge in [-0.05, 0) is 31.8 Å². The third-order valence-corrected chi connectivity index (χ3v) is 2.19. The van der Waals surface area contributed by atoms with Crippen LogP contribution in [0.2, 0.25) is 0 Å². The fourth-order valence-electron chi connectivity index (χ4n) is 1.74. The van der Waals surface area contributed by atoms with Crippen LogP contribution in [-0.4, -0.2) is 36.8 Å². The van der Waals surface area contributed by atoms with Crippen molar-refractivity contribution in [2.24, 2.45) is 5.41 Å². The number of aliphatic hydroxyl groups is 1. The molecule has 1 N–H and O–H groups in total. The predicted octanol–water partition coefficient (Wildman–Crippen LogP) is 2.52. The monoisotopic (exact) mass is 201 g/mol.